The highest BCUT2D eigenvalue weighted by molar-refractivity contribution is 7.59. The van der Waals surface area contributed by atoms with Gasteiger partial charge in [-0.25, -0.2) is 20.0 Å². The van der Waals surface area contributed by atoms with Crippen molar-refractivity contribution in [3.8, 4) is 18.1 Å². The molecular formula is C24H30N7O7P. The molecule has 3 atom stereocenters. The van der Waals surface area contributed by atoms with Crippen LogP contribution in [0.5, 0.6) is 5.75 Å². The lowest BCUT2D eigenvalue weighted by Gasteiger charge is -2.31. The molecule has 0 amide bonds. The molecule has 0 saturated heterocycles. The van der Waals surface area contributed by atoms with Crippen LogP contribution in [0.2, 0.25) is 0 Å². The highest BCUT2D eigenvalue weighted by Gasteiger charge is 2.41. The van der Waals surface area contributed by atoms with Crippen LogP contribution in [0.25, 0.3) is 11.2 Å². The summed E-state index contributed by atoms with van der Waals surface area (Å²) in [7, 11) is -3.90. The van der Waals surface area contributed by atoms with Crippen molar-refractivity contribution in [2.24, 2.45) is 0 Å². The number of anilines is 1. The first-order valence-electron chi connectivity index (χ1n) is 11.9. The molecule has 3 aromatic rings. The van der Waals surface area contributed by atoms with Gasteiger partial charge in [0, 0.05) is 6.54 Å². The van der Waals surface area contributed by atoms with Crippen molar-refractivity contribution in [3.05, 3.63) is 47.0 Å². The summed E-state index contributed by atoms with van der Waals surface area (Å²) < 4.78 is 31.5. The van der Waals surface area contributed by atoms with Crippen molar-refractivity contribution < 1.29 is 28.4 Å². The maximum Gasteiger partial charge on any atom is 0.344 e. The van der Waals surface area contributed by atoms with E-state index in [0.29, 0.717) is 0 Å². The Hall–Kier alpha value is -4.02. The molecule has 0 aliphatic heterocycles. The number of aromatic amines is 1. The van der Waals surface area contributed by atoms with Crippen LogP contribution in [0.3, 0.4) is 0 Å². The Bertz CT molecular complexity index is 1470. The van der Waals surface area contributed by atoms with Crippen LogP contribution in [0, 0.1) is 12.3 Å². The molecular weight excluding hydrogens is 529 g/mol. The number of esters is 2. The van der Waals surface area contributed by atoms with Crippen LogP contribution in [0.15, 0.2) is 41.5 Å². The van der Waals surface area contributed by atoms with Crippen molar-refractivity contribution in [2.45, 2.75) is 38.9 Å². The van der Waals surface area contributed by atoms with E-state index < -0.39 is 42.9 Å². The number of benzene rings is 1. The molecule has 3 rings (SSSR count). The quantitative estimate of drug-likeness (QED) is 0.0764. The number of para-hydroxylation sites is 1. The van der Waals surface area contributed by atoms with Gasteiger partial charge in [0.05, 0.1) is 19.5 Å². The molecule has 5 N–H and O–H groups in total. The van der Waals surface area contributed by atoms with E-state index in [-0.39, 0.29) is 42.6 Å². The molecule has 0 radical (unpaired) electrons. The van der Waals surface area contributed by atoms with Gasteiger partial charge in [0.15, 0.2) is 16.7 Å². The average molecular weight is 560 g/mol. The number of H-pyrrole nitrogens is 1. The Morgan fingerprint density at radius 3 is 2.72 bits per heavy atom. The number of hydrogen-bond donors (Lipinski definition) is 4. The van der Waals surface area contributed by atoms with Crippen molar-refractivity contribution in [1.29, 1.82) is 0 Å². The fraction of sp³-hybridized carbons (Fsp3) is 0.375. The maximum atomic E-state index is 14.0. The number of carbonyl (C=O) groups is 2. The van der Waals surface area contributed by atoms with Crippen LogP contribution in [0.1, 0.15) is 20.8 Å². The minimum absolute atomic E-state index is 0.0117. The highest BCUT2D eigenvalue weighted by atomic mass is 31.2. The second-order valence-corrected chi connectivity index (χ2v) is 10.7. The monoisotopic (exact) mass is 559 g/mol. The summed E-state index contributed by atoms with van der Waals surface area (Å²) in [5, 5.41) is 5.32. The number of carbonyl (C=O) groups excluding carboxylic acids is 2. The zero-order valence-corrected chi connectivity index (χ0v) is 22.6. The molecule has 2 heterocycles. The summed E-state index contributed by atoms with van der Waals surface area (Å²) in [5.41, 5.74) is 3.62. The SMILES string of the molecule is C#CC(C)(NP(=O)(COCCn1cnc2c(=O)[nH]c(N)nc21)N[C@@H](C)C(=O)OCC)C(=O)Oc1ccccc1. The van der Waals surface area contributed by atoms with Crippen molar-refractivity contribution >= 4 is 36.5 Å². The zero-order valence-electron chi connectivity index (χ0n) is 21.7. The number of fused-ring (bicyclic) bond motifs is 1. The van der Waals surface area contributed by atoms with Gasteiger partial charge < -0.3 is 24.5 Å². The summed E-state index contributed by atoms with van der Waals surface area (Å²) in [5.74, 6) is 0.912. The molecule has 0 spiro atoms. The van der Waals surface area contributed by atoms with Crippen LogP contribution in [-0.2, 0) is 30.2 Å². The summed E-state index contributed by atoms with van der Waals surface area (Å²) in [6.07, 6.45) is 6.57. The first-order valence-corrected chi connectivity index (χ1v) is 13.8. The number of hydrogen-bond acceptors (Lipinski definition) is 10. The molecule has 0 aliphatic carbocycles. The predicted octanol–water partition coefficient (Wildman–Crippen LogP) is 0.997. The van der Waals surface area contributed by atoms with E-state index in [4.69, 9.17) is 26.4 Å². The molecule has 0 aliphatic rings. The molecule has 0 bridgehead atoms. The number of terminal acetylenes is 1. The van der Waals surface area contributed by atoms with Gasteiger partial charge >= 0.3 is 11.9 Å². The summed E-state index contributed by atoms with van der Waals surface area (Å²) in [6, 6.07) is 7.19. The highest BCUT2D eigenvalue weighted by Crippen LogP contribution is 2.40. The topological polar surface area (TPSA) is 193 Å². The van der Waals surface area contributed by atoms with Crippen molar-refractivity contribution in [2.75, 3.05) is 25.3 Å². The first kappa shape index (κ1) is 29.5. The van der Waals surface area contributed by atoms with Crippen molar-refractivity contribution in [1.82, 2.24) is 29.7 Å². The van der Waals surface area contributed by atoms with E-state index >= 15 is 0 Å². The largest absolute Gasteiger partial charge is 0.465 e. The lowest BCUT2D eigenvalue weighted by atomic mass is 10.1. The Morgan fingerprint density at radius 1 is 1.33 bits per heavy atom. The van der Waals surface area contributed by atoms with Gasteiger partial charge in [-0.2, -0.15) is 4.98 Å². The fourth-order valence-corrected chi connectivity index (χ4v) is 5.62. The number of nitrogens with two attached hydrogens (primary N) is 1. The molecule has 208 valence electrons. The molecule has 2 aromatic heterocycles. The minimum atomic E-state index is -3.90. The maximum absolute atomic E-state index is 14.0. The van der Waals surface area contributed by atoms with Gasteiger partial charge in [-0.3, -0.25) is 19.1 Å². The van der Waals surface area contributed by atoms with Crippen LogP contribution < -0.4 is 26.2 Å². The number of aromatic nitrogens is 4. The molecule has 1 aromatic carbocycles. The Labute approximate surface area is 224 Å². The van der Waals surface area contributed by atoms with Crippen molar-refractivity contribution in [3.63, 3.8) is 0 Å². The Kier molecular flexibility index (Phi) is 9.61. The number of ether oxygens (including phenoxy) is 3. The van der Waals surface area contributed by atoms with E-state index in [9.17, 15) is 18.9 Å². The fourth-order valence-electron chi connectivity index (χ4n) is 3.42. The zero-order chi connectivity index (χ0) is 28.6. The average Bonchev–Trinajstić information content (AvgIpc) is 3.30. The number of nitrogens with zero attached hydrogens (tertiary/aromatic N) is 3. The van der Waals surface area contributed by atoms with Gasteiger partial charge in [-0.1, -0.05) is 24.1 Å². The van der Waals surface area contributed by atoms with Gasteiger partial charge in [0.2, 0.25) is 13.4 Å². The van der Waals surface area contributed by atoms with Gasteiger partial charge in [-0.15, -0.1) is 6.42 Å². The normalized spacial score (nSPS) is 15.0. The lowest BCUT2D eigenvalue weighted by Crippen LogP contribution is -2.52. The van der Waals surface area contributed by atoms with E-state index in [1.54, 1.807) is 37.3 Å². The molecule has 0 fully saturated rings. The summed E-state index contributed by atoms with van der Waals surface area (Å²) in [4.78, 5) is 47.6. The second-order valence-electron chi connectivity index (χ2n) is 8.52. The number of rotatable bonds is 13. The standard InChI is InChI=1S/C24H30N7O7P/c1-5-24(4,22(34)38-17-10-8-7-9-11-17)30-39(35,29-16(3)21(33)37-6-2)15-36-13-12-31-14-26-18-19(31)27-23(25)28-20(18)32/h1,7-11,14,16H,6,12-13,15H2,2-4H3,(H2,29,30,35)(H3,25,27,28,32)/t16-,24?,39?/m0/s1. The minimum Gasteiger partial charge on any atom is -0.465 e. The van der Waals surface area contributed by atoms with Crippen LogP contribution in [0.4, 0.5) is 5.95 Å². The predicted molar refractivity (Wildman–Crippen MR) is 143 cm³/mol. The molecule has 14 nitrogen and oxygen atoms in total. The number of imidazole rings is 1. The molecule has 0 saturated carbocycles. The first-order chi connectivity index (χ1) is 18.5. The van der Waals surface area contributed by atoms with Gasteiger partial charge in [-0.05, 0) is 32.9 Å². The van der Waals surface area contributed by atoms with Crippen LogP contribution in [-0.4, -0.2) is 62.6 Å². The number of nitrogen functional groups attached to an aromatic ring is 1. The second kappa shape index (κ2) is 12.7. The third-order valence-corrected chi connectivity index (χ3v) is 7.50. The molecule has 2 unspecified atom stereocenters. The Morgan fingerprint density at radius 2 is 2.05 bits per heavy atom. The number of nitrogens with one attached hydrogen (secondary N) is 3. The van der Waals surface area contributed by atoms with E-state index in [2.05, 4.69) is 31.0 Å². The molecule has 15 heteroatoms. The summed E-state index contributed by atoms with van der Waals surface area (Å²) >= 11 is 0. The lowest BCUT2D eigenvalue weighted by molar-refractivity contribution is -0.144. The third kappa shape index (κ3) is 7.52. The van der Waals surface area contributed by atoms with E-state index in [1.165, 1.54) is 24.7 Å². The van der Waals surface area contributed by atoms with Gasteiger partial charge in [0.1, 0.15) is 18.1 Å². The summed E-state index contributed by atoms with van der Waals surface area (Å²) in [6.45, 7) is 4.69. The third-order valence-electron chi connectivity index (χ3n) is 5.34. The van der Waals surface area contributed by atoms with E-state index in [0.717, 1.165) is 0 Å². The Balaban J connectivity index is 1.75. The van der Waals surface area contributed by atoms with Gasteiger partial charge in [0.25, 0.3) is 5.56 Å². The molecule has 39 heavy (non-hydrogen) atoms. The van der Waals surface area contributed by atoms with E-state index in [1.807, 2.05) is 0 Å². The smallest absolute Gasteiger partial charge is 0.344 e. The van der Waals surface area contributed by atoms with Crippen LogP contribution >= 0.6 is 7.44 Å².